The number of nitrogens with one attached hydrogen (secondary N) is 1. The fourth-order valence-electron chi connectivity index (χ4n) is 4.03. The van der Waals surface area contributed by atoms with E-state index in [0.717, 1.165) is 29.7 Å². The van der Waals surface area contributed by atoms with Gasteiger partial charge in [0.1, 0.15) is 18.5 Å². The van der Waals surface area contributed by atoms with Gasteiger partial charge in [0, 0.05) is 31.3 Å². The largest absolute Gasteiger partial charge is 0.342 e. The lowest BCUT2D eigenvalue weighted by Gasteiger charge is -2.32. The van der Waals surface area contributed by atoms with Crippen LogP contribution >= 0.6 is 0 Å². The first-order chi connectivity index (χ1) is 15.1. The highest BCUT2D eigenvalue weighted by Gasteiger charge is 2.25. The molecule has 1 saturated heterocycles. The molecule has 1 fully saturated rings. The molecule has 0 bridgehead atoms. The first-order valence-corrected chi connectivity index (χ1v) is 10.3. The summed E-state index contributed by atoms with van der Waals surface area (Å²) in [6, 6.07) is 8.70. The van der Waals surface area contributed by atoms with E-state index >= 15 is 0 Å². The zero-order chi connectivity index (χ0) is 21.4. The third-order valence-electron chi connectivity index (χ3n) is 5.69. The Labute approximate surface area is 177 Å². The average molecular weight is 418 g/mol. The van der Waals surface area contributed by atoms with Gasteiger partial charge in [0.15, 0.2) is 5.82 Å². The lowest BCUT2D eigenvalue weighted by atomic mass is 9.96. The molecule has 1 aliphatic rings. The predicted molar refractivity (Wildman–Crippen MR) is 113 cm³/mol. The van der Waals surface area contributed by atoms with Crippen LogP contribution in [0.15, 0.2) is 47.8 Å². The van der Waals surface area contributed by atoms with E-state index in [2.05, 4.69) is 25.1 Å². The number of hydrogen-bond acceptors (Lipinski definition) is 6. The van der Waals surface area contributed by atoms with Crippen molar-refractivity contribution in [1.29, 1.82) is 0 Å². The maximum Gasteiger partial charge on any atom is 0.266 e. The molecule has 10 nitrogen and oxygen atoms in total. The van der Waals surface area contributed by atoms with Gasteiger partial charge in [-0.1, -0.05) is 0 Å². The van der Waals surface area contributed by atoms with Crippen LogP contribution in [0.25, 0.3) is 16.9 Å². The minimum absolute atomic E-state index is 0.0241. The Morgan fingerprint density at radius 1 is 1.19 bits per heavy atom. The standard InChI is InChI=1S/C21H22N8O2/c1-14-24-17-3-2-16(10-18(17)25-14)21(31)27-8-6-15(7-9-27)11-28-20(30)5-4-19(26-28)29-13-22-12-23-29/h2-5,10,12-13,15H,6-9,11H2,1H3,(H,24,25). The van der Waals surface area contributed by atoms with Crippen molar-refractivity contribution in [2.75, 3.05) is 13.1 Å². The first kappa shape index (κ1) is 19.2. The van der Waals surface area contributed by atoms with E-state index in [1.807, 2.05) is 30.0 Å². The Kier molecular flexibility index (Phi) is 4.81. The highest BCUT2D eigenvalue weighted by molar-refractivity contribution is 5.97. The molecule has 0 aliphatic carbocycles. The SMILES string of the molecule is Cc1nc2ccc(C(=O)N3CCC(Cn4nc(-n5cncn5)ccc4=O)CC3)cc2[nH]1. The summed E-state index contributed by atoms with van der Waals surface area (Å²) in [5, 5.41) is 8.48. The summed E-state index contributed by atoms with van der Waals surface area (Å²) < 4.78 is 3.00. The van der Waals surface area contributed by atoms with E-state index in [0.29, 0.717) is 31.0 Å². The van der Waals surface area contributed by atoms with E-state index in [9.17, 15) is 9.59 Å². The Morgan fingerprint density at radius 2 is 2.03 bits per heavy atom. The van der Waals surface area contributed by atoms with Crippen molar-refractivity contribution in [3.8, 4) is 5.82 Å². The third kappa shape index (κ3) is 3.83. The van der Waals surface area contributed by atoms with E-state index < -0.39 is 0 Å². The molecular formula is C21H22N8O2. The molecule has 0 atom stereocenters. The second-order valence-corrected chi connectivity index (χ2v) is 7.84. The molecule has 4 heterocycles. The maximum atomic E-state index is 13.0. The summed E-state index contributed by atoms with van der Waals surface area (Å²) in [6.07, 6.45) is 4.61. The molecule has 158 valence electrons. The number of carbonyl (C=O) groups excluding carboxylic acids is 1. The van der Waals surface area contributed by atoms with Crippen molar-refractivity contribution in [2.45, 2.75) is 26.3 Å². The zero-order valence-corrected chi connectivity index (χ0v) is 17.1. The van der Waals surface area contributed by atoms with Crippen molar-refractivity contribution in [3.05, 3.63) is 64.7 Å². The number of rotatable bonds is 4. The molecular weight excluding hydrogens is 396 g/mol. The van der Waals surface area contributed by atoms with E-state index in [1.165, 1.54) is 21.8 Å². The summed E-state index contributed by atoms with van der Waals surface area (Å²) in [7, 11) is 0. The number of imidazole rings is 1. The van der Waals surface area contributed by atoms with E-state index in [1.54, 1.807) is 12.4 Å². The number of fused-ring (bicyclic) bond motifs is 1. The van der Waals surface area contributed by atoms with Gasteiger partial charge in [-0.3, -0.25) is 9.59 Å². The van der Waals surface area contributed by atoms with Crippen LogP contribution in [-0.4, -0.2) is 58.4 Å². The van der Waals surface area contributed by atoms with Crippen molar-refractivity contribution in [3.63, 3.8) is 0 Å². The van der Waals surface area contributed by atoms with Gasteiger partial charge in [0.2, 0.25) is 0 Å². The summed E-state index contributed by atoms with van der Waals surface area (Å²) in [4.78, 5) is 38.6. The van der Waals surface area contributed by atoms with Gasteiger partial charge >= 0.3 is 0 Å². The first-order valence-electron chi connectivity index (χ1n) is 10.3. The predicted octanol–water partition coefficient (Wildman–Crippen LogP) is 1.56. The topological polar surface area (TPSA) is 115 Å². The van der Waals surface area contributed by atoms with Gasteiger partial charge in [0.05, 0.1) is 11.0 Å². The normalized spacial score (nSPS) is 14.9. The smallest absolute Gasteiger partial charge is 0.266 e. The van der Waals surface area contributed by atoms with Gasteiger partial charge in [-0.05, 0) is 49.9 Å². The average Bonchev–Trinajstić information content (AvgIpc) is 3.44. The molecule has 4 aromatic rings. The fraction of sp³-hybridized carbons (Fsp3) is 0.333. The van der Waals surface area contributed by atoms with Crippen LogP contribution in [0, 0.1) is 12.8 Å². The fourth-order valence-corrected chi connectivity index (χ4v) is 4.03. The Bertz CT molecular complexity index is 1280. The van der Waals surface area contributed by atoms with Gasteiger partial charge in [0.25, 0.3) is 11.5 Å². The Hall–Kier alpha value is -3.82. The number of aromatic amines is 1. The second kappa shape index (κ2) is 7.78. The molecule has 1 aromatic carbocycles. The van der Waals surface area contributed by atoms with Gasteiger partial charge in [-0.25, -0.2) is 19.3 Å². The van der Waals surface area contributed by atoms with Crippen LogP contribution < -0.4 is 5.56 Å². The number of benzene rings is 1. The molecule has 31 heavy (non-hydrogen) atoms. The third-order valence-corrected chi connectivity index (χ3v) is 5.69. The molecule has 0 unspecified atom stereocenters. The number of H-pyrrole nitrogens is 1. The van der Waals surface area contributed by atoms with Crippen molar-refractivity contribution < 1.29 is 4.79 Å². The van der Waals surface area contributed by atoms with Crippen LogP contribution in [-0.2, 0) is 6.54 Å². The number of piperidine rings is 1. The Morgan fingerprint density at radius 3 is 2.81 bits per heavy atom. The molecule has 0 saturated carbocycles. The Balaban J connectivity index is 1.24. The molecule has 1 aliphatic heterocycles. The minimum Gasteiger partial charge on any atom is -0.342 e. The van der Waals surface area contributed by atoms with Crippen LogP contribution in [0.2, 0.25) is 0 Å². The second-order valence-electron chi connectivity index (χ2n) is 7.84. The van der Waals surface area contributed by atoms with Gasteiger partial charge in [-0.2, -0.15) is 5.10 Å². The molecule has 0 radical (unpaired) electrons. The van der Waals surface area contributed by atoms with Crippen molar-refractivity contribution in [1.82, 2.24) is 39.4 Å². The number of aryl methyl sites for hydroxylation is 1. The molecule has 5 rings (SSSR count). The quantitative estimate of drug-likeness (QED) is 0.538. The van der Waals surface area contributed by atoms with Gasteiger partial charge < -0.3 is 9.88 Å². The molecule has 0 spiro atoms. The van der Waals surface area contributed by atoms with Gasteiger partial charge in [-0.15, -0.1) is 5.10 Å². The van der Waals surface area contributed by atoms with Crippen molar-refractivity contribution in [2.24, 2.45) is 5.92 Å². The summed E-state index contributed by atoms with van der Waals surface area (Å²) >= 11 is 0. The number of likely N-dealkylation sites (tertiary alicyclic amines) is 1. The van der Waals surface area contributed by atoms with Crippen LogP contribution in [0.4, 0.5) is 0 Å². The highest BCUT2D eigenvalue weighted by atomic mass is 16.2. The summed E-state index contributed by atoms with van der Waals surface area (Å²) in [5.74, 6) is 1.68. The molecule has 1 amide bonds. The number of carbonyl (C=O) groups is 1. The van der Waals surface area contributed by atoms with Crippen LogP contribution in [0.5, 0.6) is 0 Å². The van der Waals surface area contributed by atoms with E-state index in [4.69, 9.17) is 0 Å². The van der Waals surface area contributed by atoms with Crippen LogP contribution in [0.3, 0.4) is 0 Å². The lowest BCUT2D eigenvalue weighted by molar-refractivity contribution is 0.0680. The monoisotopic (exact) mass is 418 g/mol. The van der Waals surface area contributed by atoms with E-state index in [-0.39, 0.29) is 17.4 Å². The minimum atomic E-state index is -0.148. The highest BCUT2D eigenvalue weighted by Crippen LogP contribution is 2.21. The molecule has 3 aromatic heterocycles. The molecule has 10 heteroatoms. The number of hydrogen-bond donors (Lipinski definition) is 1. The van der Waals surface area contributed by atoms with Crippen molar-refractivity contribution >= 4 is 16.9 Å². The number of aromatic nitrogens is 7. The lowest BCUT2D eigenvalue weighted by Crippen LogP contribution is -2.40. The number of amides is 1. The van der Waals surface area contributed by atoms with Crippen LogP contribution in [0.1, 0.15) is 29.0 Å². The summed E-state index contributed by atoms with van der Waals surface area (Å²) in [5.41, 5.74) is 2.24. The zero-order valence-electron chi connectivity index (χ0n) is 17.1. The maximum absolute atomic E-state index is 13.0. The molecule has 1 N–H and O–H groups in total. The number of nitrogens with zero attached hydrogens (tertiary/aromatic N) is 7. The summed E-state index contributed by atoms with van der Waals surface area (Å²) in [6.45, 7) is 3.72.